The van der Waals surface area contributed by atoms with Crippen LogP contribution in [0.25, 0.3) is 0 Å². The van der Waals surface area contributed by atoms with Gasteiger partial charge in [-0.15, -0.1) is 12.4 Å². The normalized spacial score (nSPS) is 22.4. The van der Waals surface area contributed by atoms with Gasteiger partial charge in [-0.2, -0.15) is 0 Å². The van der Waals surface area contributed by atoms with Crippen LogP contribution in [0.5, 0.6) is 0 Å². The van der Waals surface area contributed by atoms with Crippen LogP contribution in [0.1, 0.15) is 32.8 Å². The lowest BCUT2D eigenvalue weighted by Gasteiger charge is -2.24. The van der Waals surface area contributed by atoms with E-state index < -0.39 is 0 Å². The quantitative estimate of drug-likeness (QED) is 0.907. The van der Waals surface area contributed by atoms with Crippen molar-refractivity contribution in [3.05, 3.63) is 23.9 Å². The number of hydrogen-bond donors (Lipinski definition) is 1. The first-order valence-corrected chi connectivity index (χ1v) is 7.54. The van der Waals surface area contributed by atoms with Crippen LogP contribution in [0.2, 0.25) is 0 Å². The molecule has 0 spiro atoms. The van der Waals surface area contributed by atoms with Gasteiger partial charge in [-0.1, -0.05) is 13.0 Å². The van der Waals surface area contributed by atoms with Crippen LogP contribution in [0.4, 0.5) is 5.82 Å². The summed E-state index contributed by atoms with van der Waals surface area (Å²) in [5.41, 5.74) is 7.44. The van der Waals surface area contributed by atoms with E-state index in [9.17, 15) is 0 Å². The fraction of sp³-hybridized carbons (Fsp3) is 0.688. The van der Waals surface area contributed by atoms with Crippen LogP contribution in [0.3, 0.4) is 0 Å². The van der Waals surface area contributed by atoms with Gasteiger partial charge in [0.1, 0.15) is 5.82 Å². The predicted octanol–water partition coefficient (Wildman–Crippen LogP) is 2.52. The summed E-state index contributed by atoms with van der Waals surface area (Å²) in [4.78, 5) is 9.24. The van der Waals surface area contributed by atoms with Gasteiger partial charge >= 0.3 is 0 Å². The summed E-state index contributed by atoms with van der Waals surface area (Å²) >= 11 is 0. The third-order valence-corrected chi connectivity index (χ3v) is 4.48. The molecular formula is C16H29ClN4. The molecule has 1 fully saturated rings. The summed E-state index contributed by atoms with van der Waals surface area (Å²) < 4.78 is 0. The number of aromatic nitrogens is 1. The molecule has 2 heterocycles. The van der Waals surface area contributed by atoms with Gasteiger partial charge in [0.2, 0.25) is 0 Å². The van der Waals surface area contributed by atoms with Gasteiger partial charge in [-0.05, 0) is 50.4 Å². The fourth-order valence-electron chi connectivity index (χ4n) is 2.67. The van der Waals surface area contributed by atoms with Crippen molar-refractivity contribution >= 4 is 18.2 Å². The van der Waals surface area contributed by atoms with E-state index in [4.69, 9.17) is 5.73 Å². The molecule has 1 atom stereocenters. The molecule has 1 aromatic heterocycles. The lowest BCUT2D eigenvalue weighted by atomic mass is 9.90. The SMILES string of the molecule is CC(C)N(C)c1ccc(CN2CCC(C)(CN)C2)cn1.Cl. The van der Waals surface area contributed by atoms with E-state index in [2.05, 4.69) is 54.7 Å². The van der Waals surface area contributed by atoms with Gasteiger partial charge in [-0.25, -0.2) is 4.98 Å². The van der Waals surface area contributed by atoms with Crippen molar-refractivity contribution in [2.45, 2.75) is 39.8 Å². The molecule has 0 aliphatic carbocycles. The van der Waals surface area contributed by atoms with Crippen LogP contribution in [0, 0.1) is 5.41 Å². The van der Waals surface area contributed by atoms with Crippen molar-refractivity contribution in [1.82, 2.24) is 9.88 Å². The lowest BCUT2D eigenvalue weighted by Crippen LogP contribution is -2.31. The van der Waals surface area contributed by atoms with Gasteiger partial charge in [0.05, 0.1) is 0 Å². The molecule has 0 bridgehead atoms. The van der Waals surface area contributed by atoms with E-state index in [-0.39, 0.29) is 12.4 Å². The van der Waals surface area contributed by atoms with Crippen LogP contribution < -0.4 is 10.6 Å². The number of rotatable bonds is 5. The van der Waals surface area contributed by atoms with Crippen molar-refractivity contribution in [1.29, 1.82) is 0 Å². The monoisotopic (exact) mass is 312 g/mol. The topological polar surface area (TPSA) is 45.4 Å². The Morgan fingerprint density at radius 2 is 2.14 bits per heavy atom. The standard InChI is InChI=1S/C16H28N4.ClH/c1-13(2)19(4)15-6-5-14(9-18-15)10-20-8-7-16(3,11-17)12-20;/h5-6,9,13H,7-8,10-12,17H2,1-4H3;1H. The van der Waals surface area contributed by atoms with Gasteiger partial charge in [0, 0.05) is 32.4 Å². The van der Waals surface area contributed by atoms with Crippen LogP contribution >= 0.6 is 12.4 Å². The summed E-state index contributed by atoms with van der Waals surface area (Å²) in [7, 11) is 2.08. The average Bonchev–Trinajstić information content (AvgIpc) is 2.81. The van der Waals surface area contributed by atoms with Crippen LogP contribution in [-0.2, 0) is 6.54 Å². The van der Waals surface area contributed by atoms with E-state index in [0.29, 0.717) is 11.5 Å². The first-order valence-electron chi connectivity index (χ1n) is 7.54. The third-order valence-electron chi connectivity index (χ3n) is 4.48. The van der Waals surface area contributed by atoms with E-state index in [1.54, 1.807) is 0 Å². The summed E-state index contributed by atoms with van der Waals surface area (Å²) in [6.07, 6.45) is 3.21. The number of halogens is 1. The van der Waals surface area contributed by atoms with Crippen LogP contribution in [0.15, 0.2) is 18.3 Å². The predicted molar refractivity (Wildman–Crippen MR) is 92.1 cm³/mol. The van der Waals surface area contributed by atoms with E-state index >= 15 is 0 Å². The number of hydrogen-bond acceptors (Lipinski definition) is 4. The molecular weight excluding hydrogens is 284 g/mol. The second-order valence-electron chi connectivity index (χ2n) is 6.70. The molecule has 1 aromatic rings. The number of nitrogens with zero attached hydrogens (tertiary/aromatic N) is 3. The minimum absolute atomic E-state index is 0. The van der Waals surface area contributed by atoms with E-state index in [0.717, 1.165) is 32.0 Å². The smallest absolute Gasteiger partial charge is 0.128 e. The molecule has 0 aromatic carbocycles. The highest BCUT2D eigenvalue weighted by Gasteiger charge is 2.32. The Kier molecular flexibility index (Phi) is 6.44. The molecule has 0 saturated carbocycles. The largest absolute Gasteiger partial charge is 0.357 e. The molecule has 1 aliphatic rings. The molecule has 0 amide bonds. The van der Waals surface area contributed by atoms with Gasteiger partial charge in [-0.3, -0.25) is 4.90 Å². The molecule has 0 radical (unpaired) electrons. The molecule has 5 heteroatoms. The highest BCUT2D eigenvalue weighted by molar-refractivity contribution is 5.85. The zero-order valence-corrected chi connectivity index (χ0v) is 14.5. The van der Waals surface area contributed by atoms with Crippen molar-refractivity contribution in [3.8, 4) is 0 Å². The maximum Gasteiger partial charge on any atom is 0.128 e. The minimum Gasteiger partial charge on any atom is -0.357 e. The average molecular weight is 313 g/mol. The molecule has 21 heavy (non-hydrogen) atoms. The summed E-state index contributed by atoms with van der Waals surface area (Å²) in [5, 5.41) is 0. The maximum atomic E-state index is 5.86. The van der Waals surface area contributed by atoms with Crippen molar-refractivity contribution in [2.24, 2.45) is 11.1 Å². The van der Waals surface area contributed by atoms with Crippen molar-refractivity contribution in [3.63, 3.8) is 0 Å². The van der Waals surface area contributed by atoms with Gasteiger partial charge in [0.15, 0.2) is 0 Å². The lowest BCUT2D eigenvalue weighted by molar-refractivity contribution is 0.274. The Morgan fingerprint density at radius 1 is 1.43 bits per heavy atom. The molecule has 2 rings (SSSR count). The zero-order chi connectivity index (χ0) is 14.8. The Hall–Kier alpha value is -0.840. The second kappa shape index (κ2) is 7.43. The Labute approximate surface area is 135 Å². The summed E-state index contributed by atoms with van der Waals surface area (Å²) in [6.45, 7) is 10.6. The molecule has 1 unspecified atom stereocenters. The Bertz CT molecular complexity index is 434. The Morgan fingerprint density at radius 3 is 2.62 bits per heavy atom. The molecule has 1 aliphatic heterocycles. The van der Waals surface area contributed by atoms with Crippen molar-refractivity contribution < 1.29 is 0 Å². The minimum atomic E-state index is 0. The van der Waals surface area contributed by atoms with Crippen LogP contribution in [-0.4, -0.2) is 42.6 Å². The maximum absolute atomic E-state index is 5.86. The van der Waals surface area contributed by atoms with Gasteiger partial charge in [0.25, 0.3) is 0 Å². The fourth-order valence-corrected chi connectivity index (χ4v) is 2.67. The molecule has 120 valence electrons. The van der Waals surface area contributed by atoms with E-state index in [1.165, 1.54) is 12.0 Å². The number of likely N-dealkylation sites (tertiary alicyclic amines) is 1. The second-order valence-corrected chi connectivity index (χ2v) is 6.70. The first kappa shape index (κ1) is 18.2. The number of pyridine rings is 1. The van der Waals surface area contributed by atoms with E-state index in [1.807, 2.05) is 6.20 Å². The van der Waals surface area contributed by atoms with Gasteiger partial charge < -0.3 is 10.6 Å². The highest BCUT2D eigenvalue weighted by Crippen LogP contribution is 2.29. The third kappa shape index (κ3) is 4.56. The van der Waals surface area contributed by atoms with Crippen molar-refractivity contribution in [2.75, 3.05) is 31.6 Å². The number of anilines is 1. The first-order chi connectivity index (χ1) is 9.43. The molecule has 2 N–H and O–H groups in total. The zero-order valence-electron chi connectivity index (χ0n) is 13.7. The summed E-state index contributed by atoms with van der Waals surface area (Å²) in [6, 6.07) is 4.78. The Balaban J connectivity index is 0.00000220. The highest BCUT2D eigenvalue weighted by atomic mass is 35.5. The molecule has 1 saturated heterocycles. The summed E-state index contributed by atoms with van der Waals surface area (Å²) in [5.74, 6) is 1.04. The number of nitrogens with two attached hydrogens (primary N) is 1. The molecule has 4 nitrogen and oxygen atoms in total.